The summed E-state index contributed by atoms with van der Waals surface area (Å²) >= 11 is 0. The number of hydrogen-bond acceptors (Lipinski definition) is 9. The molecule has 0 aliphatic rings. The average molecular weight is 481 g/mol. The lowest BCUT2D eigenvalue weighted by molar-refractivity contribution is -0.144. The number of carbonyl (C=O) groups excluding carboxylic acids is 1. The van der Waals surface area contributed by atoms with E-state index in [4.69, 9.17) is 37.9 Å². The molecule has 0 aromatic heterocycles. The lowest BCUT2D eigenvalue weighted by Crippen LogP contribution is -2.15. The second kappa shape index (κ2) is 29.2. The first-order valence-electron chi connectivity index (χ1n) is 12.5. The van der Waals surface area contributed by atoms with Gasteiger partial charge in [-0.3, -0.25) is 4.79 Å². The first-order valence-corrected chi connectivity index (χ1v) is 12.5. The van der Waals surface area contributed by atoms with Crippen LogP contribution in [0.3, 0.4) is 0 Å². The molecule has 0 bridgehead atoms. The van der Waals surface area contributed by atoms with Crippen LogP contribution in [-0.2, 0) is 42.7 Å². The molecule has 0 spiro atoms. The quantitative estimate of drug-likeness (QED) is 0.124. The van der Waals surface area contributed by atoms with Crippen molar-refractivity contribution in [2.75, 3.05) is 99.1 Å². The predicted molar refractivity (Wildman–Crippen MR) is 126 cm³/mol. The van der Waals surface area contributed by atoms with Crippen LogP contribution in [0, 0.1) is 0 Å². The Morgan fingerprint density at radius 1 is 0.455 bits per heavy atom. The second-order valence-electron chi connectivity index (χ2n) is 7.26. The van der Waals surface area contributed by atoms with Crippen molar-refractivity contribution in [3.05, 3.63) is 0 Å². The number of esters is 1. The van der Waals surface area contributed by atoms with Crippen molar-refractivity contribution in [2.24, 2.45) is 0 Å². The fraction of sp³-hybridized carbons (Fsp3) is 0.958. The minimum Gasteiger partial charge on any atom is -0.466 e. The molecule has 0 saturated heterocycles. The smallest absolute Gasteiger partial charge is 0.308 e. The summed E-state index contributed by atoms with van der Waals surface area (Å²) < 4.78 is 42.8. The van der Waals surface area contributed by atoms with Crippen LogP contribution < -0.4 is 0 Å². The van der Waals surface area contributed by atoms with Gasteiger partial charge in [-0.25, -0.2) is 0 Å². The molecule has 0 saturated carbocycles. The summed E-state index contributed by atoms with van der Waals surface area (Å²) in [5.41, 5.74) is 0. The van der Waals surface area contributed by atoms with Crippen LogP contribution >= 0.6 is 0 Å². The topological polar surface area (TPSA) is 90.9 Å². The summed E-state index contributed by atoms with van der Waals surface area (Å²) in [5.74, 6) is -0.241. The molecule has 0 aromatic rings. The largest absolute Gasteiger partial charge is 0.466 e. The monoisotopic (exact) mass is 480 g/mol. The molecule has 0 radical (unpaired) electrons. The fourth-order valence-corrected chi connectivity index (χ4v) is 2.62. The van der Waals surface area contributed by atoms with E-state index < -0.39 is 0 Å². The molecule has 33 heavy (non-hydrogen) atoms. The van der Waals surface area contributed by atoms with Crippen molar-refractivity contribution < 1.29 is 42.7 Å². The van der Waals surface area contributed by atoms with E-state index in [0.717, 1.165) is 13.0 Å². The lowest BCUT2D eigenvalue weighted by atomic mass is 10.2. The fourth-order valence-electron chi connectivity index (χ4n) is 2.62. The molecular weight excluding hydrogens is 432 g/mol. The van der Waals surface area contributed by atoms with Crippen LogP contribution in [0.4, 0.5) is 0 Å². The summed E-state index contributed by atoms with van der Waals surface area (Å²) in [7, 11) is 0. The SMILES string of the molecule is CCCCCCCOCCOCCOCCOCCOCCOCCOCCC(=O)OCC. The van der Waals surface area contributed by atoms with E-state index >= 15 is 0 Å². The molecule has 0 fully saturated rings. The Morgan fingerprint density at radius 3 is 1.21 bits per heavy atom. The Balaban J connectivity index is 3.03. The highest BCUT2D eigenvalue weighted by Crippen LogP contribution is 2.02. The van der Waals surface area contributed by atoms with Gasteiger partial charge >= 0.3 is 5.97 Å². The van der Waals surface area contributed by atoms with Crippen LogP contribution in [0.15, 0.2) is 0 Å². The number of carbonyl (C=O) groups is 1. The Bertz CT molecular complexity index is 383. The molecule has 0 amide bonds. The van der Waals surface area contributed by atoms with E-state index in [-0.39, 0.29) is 12.4 Å². The minimum absolute atomic E-state index is 0.241. The molecular formula is C24H48O9. The van der Waals surface area contributed by atoms with Crippen molar-refractivity contribution in [1.29, 1.82) is 0 Å². The number of ether oxygens (including phenoxy) is 8. The maximum Gasteiger partial charge on any atom is 0.308 e. The summed E-state index contributed by atoms with van der Waals surface area (Å²) in [6.07, 6.45) is 6.55. The highest BCUT2D eigenvalue weighted by molar-refractivity contribution is 5.69. The van der Waals surface area contributed by atoms with Gasteiger partial charge in [0.1, 0.15) is 0 Å². The molecule has 198 valence electrons. The van der Waals surface area contributed by atoms with Crippen molar-refractivity contribution in [3.8, 4) is 0 Å². The zero-order valence-corrected chi connectivity index (χ0v) is 21.0. The average Bonchev–Trinajstić information content (AvgIpc) is 2.81. The molecule has 0 heterocycles. The van der Waals surface area contributed by atoms with E-state index in [9.17, 15) is 4.79 Å². The third kappa shape index (κ3) is 29.2. The molecule has 0 aliphatic heterocycles. The molecule has 0 aliphatic carbocycles. The van der Waals surface area contributed by atoms with Crippen LogP contribution in [0.2, 0.25) is 0 Å². The first-order chi connectivity index (χ1) is 16.3. The molecule has 9 heteroatoms. The van der Waals surface area contributed by atoms with Gasteiger partial charge in [0, 0.05) is 6.61 Å². The van der Waals surface area contributed by atoms with Crippen LogP contribution in [-0.4, -0.2) is 105 Å². The standard InChI is InChI=1S/C24H48O9/c1-3-5-6-7-8-10-26-12-14-28-16-18-30-20-22-32-23-21-31-19-17-29-15-13-27-11-9-24(25)33-4-2/h3-23H2,1-2H3. The number of unbranched alkanes of at least 4 members (excludes halogenated alkanes) is 4. The van der Waals surface area contributed by atoms with E-state index in [1.54, 1.807) is 6.92 Å². The Hall–Kier alpha value is -0.810. The highest BCUT2D eigenvalue weighted by Gasteiger charge is 2.00. The van der Waals surface area contributed by atoms with E-state index in [1.165, 1.54) is 25.7 Å². The van der Waals surface area contributed by atoms with E-state index in [2.05, 4.69) is 6.92 Å². The minimum atomic E-state index is -0.241. The van der Waals surface area contributed by atoms with Gasteiger partial charge in [0.05, 0.1) is 98.9 Å². The first kappa shape index (κ1) is 32.2. The molecule has 0 rings (SSSR count). The Kier molecular flexibility index (Phi) is 28.5. The van der Waals surface area contributed by atoms with Gasteiger partial charge in [0.15, 0.2) is 0 Å². The van der Waals surface area contributed by atoms with Crippen molar-refractivity contribution in [1.82, 2.24) is 0 Å². The van der Waals surface area contributed by atoms with E-state index in [1.807, 2.05) is 0 Å². The van der Waals surface area contributed by atoms with Crippen LogP contribution in [0.5, 0.6) is 0 Å². The zero-order valence-electron chi connectivity index (χ0n) is 21.0. The molecule has 0 atom stereocenters. The Morgan fingerprint density at radius 2 is 0.818 bits per heavy atom. The maximum atomic E-state index is 11.1. The van der Waals surface area contributed by atoms with Crippen molar-refractivity contribution in [3.63, 3.8) is 0 Å². The summed E-state index contributed by atoms with van der Waals surface area (Å²) in [6, 6.07) is 0. The predicted octanol–water partition coefficient (Wildman–Crippen LogP) is 3.03. The maximum absolute atomic E-state index is 11.1. The van der Waals surface area contributed by atoms with Gasteiger partial charge < -0.3 is 37.9 Å². The van der Waals surface area contributed by atoms with Crippen LogP contribution in [0.1, 0.15) is 52.4 Å². The summed E-state index contributed by atoms with van der Waals surface area (Å²) in [5, 5.41) is 0. The van der Waals surface area contributed by atoms with Gasteiger partial charge in [-0.05, 0) is 13.3 Å². The van der Waals surface area contributed by atoms with Gasteiger partial charge in [-0.15, -0.1) is 0 Å². The van der Waals surface area contributed by atoms with Gasteiger partial charge in [-0.2, -0.15) is 0 Å². The van der Waals surface area contributed by atoms with Gasteiger partial charge in [0.25, 0.3) is 0 Å². The van der Waals surface area contributed by atoms with Crippen molar-refractivity contribution >= 4 is 5.97 Å². The second-order valence-corrected chi connectivity index (χ2v) is 7.26. The molecule has 0 aromatic carbocycles. The lowest BCUT2D eigenvalue weighted by Gasteiger charge is -2.08. The van der Waals surface area contributed by atoms with E-state index in [0.29, 0.717) is 92.5 Å². The third-order valence-electron chi connectivity index (χ3n) is 4.38. The third-order valence-corrected chi connectivity index (χ3v) is 4.38. The summed E-state index contributed by atoms with van der Waals surface area (Å²) in [4.78, 5) is 11.1. The van der Waals surface area contributed by atoms with Crippen LogP contribution in [0.25, 0.3) is 0 Å². The zero-order chi connectivity index (χ0) is 24.1. The molecule has 9 nitrogen and oxygen atoms in total. The van der Waals surface area contributed by atoms with Gasteiger partial charge in [-0.1, -0.05) is 32.6 Å². The number of hydrogen-bond donors (Lipinski definition) is 0. The van der Waals surface area contributed by atoms with Crippen molar-refractivity contribution in [2.45, 2.75) is 52.4 Å². The normalized spacial score (nSPS) is 11.2. The number of rotatable bonds is 28. The molecule has 0 unspecified atom stereocenters. The summed E-state index contributed by atoms with van der Waals surface area (Å²) in [6.45, 7) is 12.0. The highest BCUT2D eigenvalue weighted by atomic mass is 16.6. The Labute approximate surface area is 200 Å². The van der Waals surface area contributed by atoms with Gasteiger partial charge in [0.2, 0.25) is 0 Å². The molecule has 0 N–H and O–H groups in total.